The fraction of sp³-hybridized carbons (Fsp3) is 0.364. The van der Waals surface area contributed by atoms with E-state index in [1.807, 2.05) is 12.1 Å². The number of aromatic nitrogens is 3. The Morgan fingerprint density at radius 3 is 2.68 bits per heavy atom. The van der Waals surface area contributed by atoms with Gasteiger partial charge in [-0.1, -0.05) is 23.7 Å². The second-order valence-corrected chi connectivity index (χ2v) is 8.53. The van der Waals surface area contributed by atoms with Crippen molar-refractivity contribution < 1.29 is 19.8 Å². The minimum absolute atomic E-state index is 0.104. The molecule has 1 aliphatic carbocycles. The minimum Gasteiger partial charge on any atom is -0.481 e. The van der Waals surface area contributed by atoms with Crippen molar-refractivity contribution in [3.8, 4) is 0 Å². The molecule has 160 valence electrons. The molecule has 0 bridgehead atoms. The van der Waals surface area contributed by atoms with Gasteiger partial charge in [-0.3, -0.25) is 14.0 Å². The number of hydrogen-bond donors (Lipinski definition) is 2. The molecule has 2 atom stereocenters. The van der Waals surface area contributed by atoms with Crippen LogP contribution in [-0.2, 0) is 4.79 Å². The molecule has 3 heterocycles. The van der Waals surface area contributed by atoms with Gasteiger partial charge in [-0.05, 0) is 42.9 Å². The average molecular weight is 441 g/mol. The lowest BCUT2D eigenvalue weighted by molar-refractivity contribution is -0.146. The first-order chi connectivity index (χ1) is 15.0. The predicted octanol–water partition coefficient (Wildman–Crippen LogP) is 2.76. The maximum absolute atomic E-state index is 13.6. The lowest BCUT2D eigenvalue weighted by Crippen LogP contribution is -2.46. The Labute approximate surface area is 183 Å². The zero-order valence-electron chi connectivity index (χ0n) is 16.6. The van der Waals surface area contributed by atoms with Crippen molar-refractivity contribution in [1.29, 1.82) is 0 Å². The van der Waals surface area contributed by atoms with Gasteiger partial charge in [0.05, 0.1) is 17.0 Å². The van der Waals surface area contributed by atoms with Gasteiger partial charge in [0.2, 0.25) is 5.78 Å². The van der Waals surface area contributed by atoms with Gasteiger partial charge < -0.3 is 15.1 Å². The van der Waals surface area contributed by atoms with Gasteiger partial charge in [0.1, 0.15) is 0 Å². The Morgan fingerprint density at radius 1 is 1.16 bits per heavy atom. The Hall–Kier alpha value is -2.97. The summed E-state index contributed by atoms with van der Waals surface area (Å²) in [7, 11) is 0. The van der Waals surface area contributed by atoms with Crippen LogP contribution in [0.25, 0.3) is 5.65 Å². The number of imidazole rings is 1. The number of ketones is 1. The fourth-order valence-electron chi connectivity index (χ4n) is 4.32. The maximum atomic E-state index is 13.6. The van der Waals surface area contributed by atoms with E-state index in [0.717, 1.165) is 18.4 Å². The topological polar surface area (TPSA) is 108 Å². The Kier molecular flexibility index (Phi) is 4.91. The molecule has 8 nitrogen and oxygen atoms in total. The van der Waals surface area contributed by atoms with E-state index in [1.54, 1.807) is 33.8 Å². The number of carbonyl (C=O) groups is 2. The third-order valence-corrected chi connectivity index (χ3v) is 6.39. The second-order valence-electron chi connectivity index (χ2n) is 8.13. The Balaban J connectivity index is 1.57. The summed E-state index contributed by atoms with van der Waals surface area (Å²) >= 11 is 6.44. The summed E-state index contributed by atoms with van der Waals surface area (Å²) in [6, 6.07) is 7.23. The van der Waals surface area contributed by atoms with Gasteiger partial charge in [-0.15, -0.1) is 0 Å². The van der Waals surface area contributed by atoms with E-state index in [2.05, 4.69) is 9.97 Å². The number of hydrogen-bond acceptors (Lipinski definition) is 6. The summed E-state index contributed by atoms with van der Waals surface area (Å²) in [6.07, 6.45) is 4.65. The predicted molar refractivity (Wildman–Crippen MR) is 114 cm³/mol. The first-order valence-electron chi connectivity index (χ1n) is 10.3. The molecular formula is C22H21ClN4O4. The number of benzene rings is 1. The number of piperidine rings is 1. The lowest BCUT2D eigenvalue weighted by Gasteiger charge is -2.34. The van der Waals surface area contributed by atoms with Crippen molar-refractivity contribution in [1.82, 2.24) is 14.4 Å². The highest BCUT2D eigenvalue weighted by Crippen LogP contribution is 2.43. The molecule has 0 amide bonds. The smallest absolute Gasteiger partial charge is 0.309 e. The first kappa shape index (κ1) is 20.0. The van der Waals surface area contributed by atoms with Crippen molar-refractivity contribution in [2.45, 2.75) is 31.3 Å². The largest absolute Gasteiger partial charge is 0.481 e. The van der Waals surface area contributed by atoms with E-state index >= 15 is 0 Å². The number of fused-ring (bicyclic) bond motifs is 1. The number of carboxylic acid groups (broad SMARTS) is 1. The zero-order chi connectivity index (χ0) is 21.7. The lowest BCUT2D eigenvalue weighted by atomic mass is 9.94. The second kappa shape index (κ2) is 7.62. The molecular weight excluding hydrogens is 420 g/mol. The number of aliphatic carboxylic acids is 1. The van der Waals surface area contributed by atoms with Crippen LogP contribution in [0.2, 0.25) is 5.02 Å². The van der Waals surface area contributed by atoms with Crippen molar-refractivity contribution >= 4 is 34.8 Å². The fourth-order valence-corrected chi connectivity index (χ4v) is 4.59. The van der Waals surface area contributed by atoms with Crippen LogP contribution in [-0.4, -0.2) is 55.5 Å². The number of halogens is 1. The van der Waals surface area contributed by atoms with Crippen LogP contribution < -0.4 is 4.90 Å². The van der Waals surface area contributed by atoms with E-state index in [0.29, 0.717) is 34.5 Å². The first-order valence-corrected chi connectivity index (χ1v) is 10.7. The van der Waals surface area contributed by atoms with Crippen molar-refractivity contribution in [3.05, 3.63) is 58.6 Å². The van der Waals surface area contributed by atoms with E-state index in [9.17, 15) is 19.8 Å². The third kappa shape index (κ3) is 3.45. The van der Waals surface area contributed by atoms with Gasteiger partial charge in [0.15, 0.2) is 17.3 Å². The summed E-state index contributed by atoms with van der Waals surface area (Å²) in [5.74, 6) is -1.12. The molecule has 9 heteroatoms. The van der Waals surface area contributed by atoms with Gasteiger partial charge in [0.25, 0.3) is 0 Å². The van der Waals surface area contributed by atoms with Crippen LogP contribution in [0.15, 0.2) is 36.7 Å². The van der Waals surface area contributed by atoms with Crippen LogP contribution in [0.1, 0.15) is 46.9 Å². The van der Waals surface area contributed by atoms with Gasteiger partial charge in [0, 0.05) is 31.0 Å². The molecule has 31 heavy (non-hydrogen) atoms. The van der Waals surface area contributed by atoms with Crippen LogP contribution >= 0.6 is 11.6 Å². The van der Waals surface area contributed by atoms with Crippen LogP contribution in [0.3, 0.4) is 0 Å². The number of nitrogens with zero attached hydrogens (tertiary/aromatic N) is 4. The molecule has 2 fully saturated rings. The summed E-state index contributed by atoms with van der Waals surface area (Å²) in [4.78, 5) is 35.7. The van der Waals surface area contributed by atoms with Crippen molar-refractivity contribution in [2.75, 3.05) is 18.0 Å². The molecule has 1 saturated heterocycles. The van der Waals surface area contributed by atoms with E-state index in [1.165, 1.54) is 0 Å². The van der Waals surface area contributed by atoms with Crippen LogP contribution in [0.5, 0.6) is 0 Å². The summed E-state index contributed by atoms with van der Waals surface area (Å²) < 4.78 is 1.63. The number of carbonyl (C=O) groups excluding carboxylic acids is 1. The quantitative estimate of drug-likeness (QED) is 0.587. The molecule has 0 radical (unpaired) electrons. The van der Waals surface area contributed by atoms with Crippen LogP contribution in [0.4, 0.5) is 5.82 Å². The molecule has 5 rings (SSSR count). The number of aliphatic hydroxyl groups is 1. The van der Waals surface area contributed by atoms with Gasteiger partial charge >= 0.3 is 5.97 Å². The highest BCUT2D eigenvalue weighted by molar-refractivity contribution is 6.35. The number of β-amino-alcohol motifs (C(OH)–C–C–N with tert-alkyl or cyclic N) is 1. The minimum atomic E-state index is -1.03. The van der Waals surface area contributed by atoms with Gasteiger partial charge in [-0.2, -0.15) is 0 Å². The Morgan fingerprint density at radius 2 is 1.97 bits per heavy atom. The third-order valence-electron chi connectivity index (χ3n) is 6.08. The van der Waals surface area contributed by atoms with Crippen molar-refractivity contribution in [3.63, 3.8) is 0 Å². The highest BCUT2D eigenvalue weighted by Gasteiger charge is 2.36. The monoisotopic (exact) mass is 440 g/mol. The van der Waals surface area contributed by atoms with E-state index < -0.39 is 18.0 Å². The van der Waals surface area contributed by atoms with Crippen LogP contribution in [0, 0.1) is 5.92 Å². The molecule has 1 aromatic carbocycles. The van der Waals surface area contributed by atoms with Gasteiger partial charge in [-0.25, -0.2) is 9.97 Å². The molecule has 0 unspecified atom stereocenters. The molecule has 0 spiro atoms. The van der Waals surface area contributed by atoms with Crippen molar-refractivity contribution in [2.24, 2.45) is 5.92 Å². The molecule has 2 N–H and O–H groups in total. The average Bonchev–Trinajstić information content (AvgIpc) is 3.53. The summed E-state index contributed by atoms with van der Waals surface area (Å²) in [6.45, 7) is 0.498. The molecule has 2 aromatic heterocycles. The SMILES string of the molecule is O=C(c1c(Cl)cccc1C1CC1)c1nc(N2CC[C@@H](C(=O)O)[C@H](O)C2)c2ncccn12. The molecule has 1 aliphatic heterocycles. The number of anilines is 1. The summed E-state index contributed by atoms with van der Waals surface area (Å²) in [5, 5.41) is 20.0. The van der Waals surface area contributed by atoms with E-state index in [-0.39, 0.29) is 24.6 Å². The number of carboxylic acids is 1. The zero-order valence-corrected chi connectivity index (χ0v) is 17.4. The standard InChI is InChI=1S/C22H21ClN4O4/c23-15-4-1-3-13(12-5-6-12)17(15)18(29)19-25-21(20-24-8-2-9-27(19)20)26-10-7-14(22(30)31)16(28)11-26/h1-4,8-9,12,14,16,28H,5-7,10-11H2,(H,30,31)/t14-,16-/m1/s1. The number of rotatable bonds is 5. The molecule has 3 aromatic rings. The summed E-state index contributed by atoms with van der Waals surface area (Å²) in [5.41, 5.74) is 1.89. The Bertz CT molecular complexity index is 1190. The van der Waals surface area contributed by atoms with E-state index in [4.69, 9.17) is 11.6 Å². The number of aliphatic hydroxyl groups excluding tert-OH is 1. The molecule has 2 aliphatic rings. The maximum Gasteiger partial charge on any atom is 0.309 e. The normalized spacial score (nSPS) is 21.4. The highest BCUT2D eigenvalue weighted by atomic mass is 35.5. The molecule has 1 saturated carbocycles.